The number of aryl methyl sites for hydroxylation is 1. The van der Waals surface area contributed by atoms with Gasteiger partial charge < -0.3 is 10.4 Å². The first-order valence-corrected chi connectivity index (χ1v) is 6.50. The summed E-state index contributed by atoms with van der Waals surface area (Å²) in [6, 6.07) is 3.65. The fourth-order valence-corrected chi connectivity index (χ4v) is 1.88. The number of carbonyl (C=O) groups is 2. The molecule has 0 aliphatic heterocycles. The van der Waals surface area contributed by atoms with Crippen molar-refractivity contribution in [3.8, 4) is 0 Å². The van der Waals surface area contributed by atoms with Crippen LogP contribution in [0.15, 0.2) is 18.2 Å². The second-order valence-electron chi connectivity index (χ2n) is 5.20. The Labute approximate surface area is 122 Å². The largest absolute Gasteiger partial charge is 0.481 e. The minimum Gasteiger partial charge on any atom is -0.481 e. The highest BCUT2D eigenvalue weighted by molar-refractivity contribution is 5.98. The standard InChI is InChI=1S/C14H18N2O5/c1-8(2)11(7-13(17)18)15-14(19)10-6-9(3)4-5-12(10)16(20)21/h4-6,8,11H,7H2,1-3H3,(H,15,19)(H,17,18). The van der Waals surface area contributed by atoms with Gasteiger partial charge in [-0.15, -0.1) is 0 Å². The van der Waals surface area contributed by atoms with Gasteiger partial charge in [0, 0.05) is 12.1 Å². The summed E-state index contributed by atoms with van der Waals surface area (Å²) in [5, 5.41) is 22.4. The molecule has 0 heterocycles. The Hall–Kier alpha value is -2.44. The van der Waals surface area contributed by atoms with Gasteiger partial charge >= 0.3 is 5.97 Å². The van der Waals surface area contributed by atoms with E-state index in [0.717, 1.165) is 0 Å². The summed E-state index contributed by atoms with van der Waals surface area (Å²) in [4.78, 5) is 33.3. The number of rotatable bonds is 6. The quantitative estimate of drug-likeness (QED) is 0.617. The van der Waals surface area contributed by atoms with Crippen molar-refractivity contribution in [2.75, 3.05) is 0 Å². The summed E-state index contributed by atoms with van der Waals surface area (Å²) >= 11 is 0. The van der Waals surface area contributed by atoms with Crippen molar-refractivity contribution in [1.82, 2.24) is 5.32 Å². The molecule has 1 aromatic carbocycles. The first kappa shape index (κ1) is 16.6. The third kappa shape index (κ3) is 4.55. The summed E-state index contributed by atoms with van der Waals surface area (Å²) in [6.45, 7) is 5.27. The van der Waals surface area contributed by atoms with Crippen LogP contribution in [-0.2, 0) is 4.79 Å². The lowest BCUT2D eigenvalue weighted by Crippen LogP contribution is -2.40. The van der Waals surface area contributed by atoms with Crippen molar-refractivity contribution in [3.05, 3.63) is 39.4 Å². The lowest BCUT2D eigenvalue weighted by Gasteiger charge is -2.20. The molecule has 0 aromatic heterocycles. The molecule has 0 radical (unpaired) electrons. The molecule has 0 aliphatic rings. The number of carboxylic acid groups (broad SMARTS) is 1. The molecule has 7 heteroatoms. The van der Waals surface area contributed by atoms with Crippen LogP contribution in [0.5, 0.6) is 0 Å². The molecule has 0 saturated carbocycles. The smallest absolute Gasteiger partial charge is 0.305 e. The molecule has 1 atom stereocenters. The van der Waals surface area contributed by atoms with E-state index in [9.17, 15) is 19.7 Å². The Morgan fingerprint density at radius 1 is 1.38 bits per heavy atom. The predicted molar refractivity (Wildman–Crippen MR) is 76.2 cm³/mol. The summed E-state index contributed by atoms with van der Waals surface area (Å²) in [5.74, 6) is -1.77. The van der Waals surface area contributed by atoms with Crippen molar-refractivity contribution in [1.29, 1.82) is 0 Å². The zero-order chi connectivity index (χ0) is 16.2. The van der Waals surface area contributed by atoms with Crippen LogP contribution in [0, 0.1) is 23.0 Å². The Morgan fingerprint density at radius 2 is 2.00 bits per heavy atom. The molecular formula is C14H18N2O5. The van der Waals surface area contributed by atoms with Gasteiger partial charge in [-0.25, -0.2) is 0 Å². The number of aliphatic carboxylic acids is 1. The Balaban J connectivity index is 3.04. The summed E-state index contributed by atoms with van der Waals surface area (Å²) < 4.78 is 0. The zero-order valence-electron chi connectivity index (χ0n) is 12.1. The average Bonchev–Trinajstić information content (AvgIpc) is 2.36. The van der Waals surface area contributed by atoms with Crippen molar-refractivity contribution in [2.45, 2.75) is 33.2 Å². The summed E-state index contributed by atoms with van der Waals surface area (Å²) in [7, 11) is 0. The fraction of sp³-hybridized carbons (Fsp3) is 0.429. The van der Waals surface area contributed by atoms with Crippen molar-refractivity contribution in [2.24, 2.45) is 5.92 Å². The van der Waals surface area contributed by atoms with Gasteiger partial charge in [0.1, 0.15) is 5.56 Å². The molecule has 1 rings (SSSR count). The molecule has 0 aliphatic carbocycles. The number of hydrogen-bond acceptors (Lipinski definition) is 4. The van der Waals surface area contributed by atoms with Gasteiger partial charge in [-0.3, -0.25) is 19.7 Å². The van der Waals surface area contributed by atoms with Gasteiger partial charge in [-0.05, 0) is 24.5 Å². The normalized spacial score (nSPS) is 12.0. The van der Waals surface area contributed by atoms with E-state index >= 15 is 0 Å². The minimum atomic E-state index is -1.03. The number of nitro benzene ring substituents is 1. The lowest BCUT2D eigenvalue weighted by atomic mass is 10.00. The maximum Gasteiger partial charge on any atom is 0.305 e. The highest BCUT2D eigenvalue weighted by Gasteiger charge is 2.25. The van der Waals surface area contributed by atoms with E-state index in [2.05, 4.69) is 5.32 Å². The molecule has 7 nitrogen and oxygen atoms in total. The number of benzene rings is 1. The van der Waals surface area contributed by atoms with E-state index < -0.39 is 22.8 Å². The summed E-state index contributed by atoms with van der Waals surface area (Å²) in [5.41, 5.74) is 0.358. The van der Waals surface area contributed by atoms with Crippen molar-refractivity contribution < 1.29 is 19.6 Å². The Morgan fingerprint density at radius 3 is 2.48 bits per heavy atom. The maximum atomic E-state index is 12.2. The third-order valence-corrected chi connectivity index (χ3v) is 3.11. The predicted octanol–water partition coefficient (Wildman–Crippen LogP) is 2.13. The van der Waals surface area contributed by atoms with Crippen molar-refractivity contribution >= 4 is 17.6 Å². The van der Waals surface area contributed by atoms with Crippen LogP contribution < -0.4 is 5.32 Å². The first-order chi connectivity index (χ1) is 9.72. The number of amides is 1. The van der Waals surface area contributed by atoms with E-state index in [4.69, 9.17) is 5.11 Å². The van der Waals surface area contributed by atoms with Crippen LogP contribution in [-0.4, -0.2) is 27.9 Å². The van der Waals surface area contributed by atoms with Gasteiger partial charge in [0.2, 0.25) is 0 Å². The number of carbonyl (C=O) groups excluding carboxylic acids is 1. The van der Waals surface area contributed by atoms with Crippen LogP contribution in [0.3, 0.4) is 0 Å². The van der Waals surface area contributed by atoms with Gasteiger partial charge in [-0.2, -0.15) is 0 Å². The zero-order valence-corrected chi connectivity index (χ0v) is 12.1. The Kier molecular flexibility index (Phi) is 5.40. The highest BCUT2D eigenvalue weighted by atomic mass is 16.6. The van der Waals surface area contributed by atoms with Gasteiger partial charge in [-0.1, -0.05) is 19.9 Å². The van der Waals surface area contributed by atoms with Crippen LogP contribution in [0.25, 0.3) is 0 Å². The number of carboxylic acids is 1. The number of hydrogen-bond donors (Lipinski definition) is 2. The van der Waals surface area contributed by atoms with Gasteiger partial charge in [0.15, 0.2) is 0 Å². The van der Waals surface area contributed by atoms with E-state index in [-0.39, 0.29) is 23.6 Å². The third-order valence-electron chi connectivity index (χ3n) is 3.11. The van der Waals surface area contributed by atoms with E-state index in [1.54, 1.807) is 26.8 Å². The molecule has 1 unspecified atom stereocenters. The monoisotopic (exact) mass is 294 g/mol. The molecule has 21 heavy (non-hydrogen) atoms. The Bertz CT molecular complexity index is 568. The maximum absolute atomic E-state index is 12.2. The van der Waals surface area contributed by atoms with Crippen LogP contribution in [0.4, 0.5) is 5.69 Å². The number of nitrogens with one attached hydrogen (secondary N) is 1. The fourth-order valence-electron chi connectivity index (χ4n) is 1.88. The highest BCUT2D eigenvalue weighted by Crippen LogP contribution is 2.20. The van der Waals surface area contributed by atoms with Crippen LogP contribution in [0.2, 0.25) is 0 Å². The molecular weight excluding hydrogens is 276 g/mol. The van der Waals surface area contributed by atoms with Crippen LogP contribution in [0.1, 0.15) is 36.2 Å². The van der Waals surface area contributed by atoms with E-state index in [1.165, 1.54) is 12.1 Å². The molecule has 2 N–H and O–H groups in total. The minimum absolute atomic E-state index is 0.0592. The van der Waals surface area contributed by atoms with Gasteiger partial charge in [0.25, 0.3) is 11.6 Å². The molecule has 1 aromatic rings. The lowest BCUT2D eigenvalue weighted by molar-refractivity contribution is -0.385. The first-order valence-electron chi connectivity index (χ1n) is 6.50. The van der Waals surface area contributed by atoms with Crippen LogP contribution >= 0.6 is 0 Å². The summed E-state index contributed by atoms with van der Waals surface area (Å²) in [6.07, 6.45) is -0.233. The van der Waals surface area contributed by atoms with E-state index in [0.29, 0.717) is 5.56 Å². The molecule has 0 bridgehead atoms. The number of nitrogens with zero attached hydrogens (tertiary/aromatic N) is 1. The molecule has 0 saturated heterocycles. The molecule has 114 valence electrons. The topological polar surface area (TPSA) is 110 Å². The van der Waals surface area contributed by atoms with Crippen molar-refractivity contribution in [3.63, 3.8) is 0 Å². The second-order valence-corrected chi connectivity index (χ2v) is 5.20. The molecule has 0 spiro atoms. The van der Waals surface area contributed by atoms with Gasteiger partial charge in [0.05, 0.1) is 11.3 Å². The molecule has 1 amide bonds. The average molecular weight is 294 g/mol. The number of nitro groups is 1. The van der Waals surface area contributed by atoms with E-state index in [1.807, 2.05) is 0 Å². The molecule has 0 fully saturated rings. The second kappa shape index (κ2) is 6.83. The SMILES string of the molecule is Cc1ccc([N+](=O)[O-])c(C(=O)NC(CC(=O)O)C(C)C)c1.